The molecular weight excluding hydrogens is 293 g/mol. The standard InChI is InChI=1S/C17H32BNO4/c1-10-11-14(18-22-16(6,7)17(8,9)23-18)21-15(20)19(12(2)3)13(4)5/h10-14H,1-9H3/b11-10+. The van der Waals surface area contributed by atoms with Crippen LogP contribution in [0, 0.1) is 0 Å². The number of nitrogens with zero attached hydrogens (tertiary/aromatic N) is 1. The Labute approximate surface area is 141 Å². The van der Waals surface area contributed by atoms with Gasteiger partial charge in [0.2, 0.25) is 0 Å². The number of rotatable bonds is 5. The van der Waals surface area contributed by atoms with Crippen LogP contribution in [0.2, 0.25) is 0 Å². The molecule has 132 valence electrons. The highest BCUT2D eigenvalue weighted by molar-refractivity contribution is 6.48. The quantitative estimate of drug-likeness (QED) is 0.569. The van der Waals surface area contributed by atoms with Crippen LogP contribution in [0.4, 0.5) is 4.79 Å². The zero-order valence-electron chi connectivity index (χ0n) is 16.0. The van der Waals surface area contributed by atoms with E-state index in [0.29, 0.717) is 0 Å². The third-order valence-corrected chi connectivity index (χ3v) is 4.48. The Hall–Kier alpha value is -1.01. The van der Waals surface area contributed by atoms with E-state index in [1.807, 2.05) is 68.4 Å². The average molecular weight is 325 g/mol. The van der Waals surface area contributed by atoms with E-state index in [4.69, 9.17) is 14.0 Å². The summed E-state index contributed by atoms with van der Waals surface area (Å²) in [7, 11) is -0.610. The van der Waals surface area contributed by atoms with Gasteiger partial charge in [0.1, 0.15) is 0 Å². The lowest BCUT2D eigenvalue weighted by atomic mass is 9.80. The fourth-order valence-electron chi connectivity index (χ4n) is 2.59. The molecule has 23 heavy (non-hydrogen) atoms. The second kappa shape index (κ2) is 7.26. The van der Waals surface area contributed by atoms with Crippen LogP contribution in [0.25, 0.3) is 0 Å². The lowest BCUT2D eigenvalue weighted by Gasteiger charge is -2.32. The van der Waals surface area contributed by atoms with Gasteiger partial charge < -0.3 is 18.9 Å². The molecule has 0 radical (unpaired) electrons. The Morgan fingerprint density at radius 3 is 1.83 bits per heavy atom. The van der Waals surface area contributed by atoms with Crippen molar-refractivity contribution in [2.75, 3.05) is 0 Å². The Kier molecular flexibility index (Phi) is 6.33. The molecule has 1 amide bonds. The zero-order chi connectivity index (χ0) is 18.0. The summed E-state index contributed by atoms with van der Waals surface area (Å²) in [6, 6.07) is -0.451. The number of carbonyl (C=O) groups excluding carboxylic acids is 1. The van der Waals surface area contributed by atoms with Crippen LogP contribution >= 0.6 is 0 Å². The first kappa shape index (κ1) is 20.0. The highest BCUT2D eigenvalue weighted by Gasteiger charge is 2.54. The summed E-state index contributed by atoms with van der Waals surface area (Å²) in [4.78, 5) is 14.3. The smallest absolute Gasteiger partial charge is 0.444 e. The van der Waals surface area contributed by atoms with Gasteiger partial charge in [0.15, 0.2) is 6.00 Å². The van der Waals surface area contributed by atoms with Gasteiger partial charge >= 0.3 is 13.2 Å². The molecule has 1 heterocycles. The number of hydrogen-bond donors (Lipinski definition) is 0. The monoisotopic (exact) mass is 325 g/mol. The van der Waals surface area contributed by atoms with Crippen molar-refractivity contribution in [2.24, 2.45) is 0 Å². The Morgan fingerprint density at radius 1 is 1.04 bits per heavy atom. The molecule has 0 aliphatic carbocycles. The van der Waals surface area contributed by atoms with Crippen molar-refractivity contribution in [3.63, 3.8) is 0 Å². The van der Waals surface area contributed by atoms with Crippen molar-refractivity contribution in [1.29, 1.82) is 0 Å². The predicted octanol–water partition coefficient (Wildman–Crippen LogP) is 3.82. The number of ether oxygens (including phenoxy) is 1. The molecule has 1 saturated heterocycles. The molecule has 1 rings (SSSR count). The first-order chi connectivity index (χ1) is 10.4. The van der Waals surface area contributed by atoms with E-state index >= 15 is 0 Å². The lowest BCUT2D eigenvalue weighted by molar-refractivity contribution is 0.00578. The highest BCUT2D eigenvalue weighted by Crippen LogP contribution is 2.38. The summed E-state index contributed by atoms with van der Waals surface area (Å²) < 4.78 is 17.7. The normalized spacial score (nSPS) is 21.3. The maximum atomic E-state index is 12.5. The van der Waals surface area contributed by atoms with Gasteiger partial charge in [0.05, 0.1) is 11.2 Å². The van der Waals surface area contributed by atoms with Gasteiger partial charge in [-0.15, -0.1) is 0 Å². The van der Waals surface area contributed by atoms with Gasteiger partial charge in [-0.1, -0.05) is 12.2 Å². The van der Waals surface area contributed by atoms with Crippen LogP contribution < -0.4 is 0 Å². The Bertz CT molecular complexity index is 422. The third-order valence-electron chi connectivity index (χ3n) is 4.48. The molecule has 0 aromatic carbocycles. The SMILES string of the molecule is C/C=C/C(OC(=O)N(C(C)C)C(C)C)B1OC(C)(C)C(C)(C)O1. The van der Waals surface area contributed by atoms with Crippen molar-refractivity contribution >= 4 is 13.2 Å². The van der Waals surface area contributed by atoms with Gasteiger partial charge in [-0.3, -0.25) is 0 Å². The van der Waals surface area contributed by atoms with E-state index in [1.54, 1.807) is 11.0 Å². The van der Waals surface area contributed by atoms with Gasteiger partial charge in [-0.2, -0.15) is 0 Å². The zero-order valence-corrected chi connectivity index (χ0v) is 16.0. The third kappa shape index (κ3) is 4.51. The predicted molar refractivity (Wildman–Crippen MR) is 93.3 cm³/mol. The van der Waals surface area contributed by atoms with E-state index < -0.39 is 24.3 Å². The van der Waals surface area contributed by atoms with Crippen LogP contribution in [0.1, 0.15) is 62.3 Å². The van der Waals surface area contributed by atoms with Crippen LogP contribution in [-0.4, -0.2) is 47.4 Å². The van der Waals surface area contributed by atoms with Crippen molar-refractivity contribution < 1.29 is 18.8 Å². The summed E-state index contributed by atoms with van der Waals surface area (Å²) in [5.41, 5.74) is -0.917. The molecule has 0 bridgehead atoms. The maximum Gasteiger partial charge on any atom is 0.506 e. The minimum atomic E-state index is -0.610. The molecule has 0 aromatic heterocycles. The molecule has 1 unspecified atom stereocenters. The minimum absolute atomic E-state index is 0.0621. The lowest BCUT2D eigenvalue weighted by Crippen LogP contribution is -2.46. The highest BCUT2D eigenvalue weighted by atomic mass is 16.7. The average Bonchev–Trinajstić information content (AvgIpc) is 2.56. The second-order valence-corrected chi connectivity index (χ2v) is 7.59. The van der Waals surface area contributed by atoms with Gasteiger partial charge in [0, 0.05) is 12.1 Å². The van der Waals surface area contributed by atoms with Gasteiger partial charge in [-0.05, 0) is 62.3 Å². The molecular formula is C17H32BNO4. The first-order valence-electron chi connectivity index (χ1n) is 8.40. The van der Waals surface area contributed by atoms with E-state index in [9.17, 15) is 4.79 Å². The molecule has 0 N–H and O–H groups in total. The largest absolute Gasteiger partial charge is 0.506 e. The van der Waals surface area contributed by atoms with Crippen LogP contribution in [-0.2, 0) is 14.0 Å². The van der Waals surface area contributed by atoms with E-state index in [2.05, 4.69) is 0 Å². The molecule has 5 nitrogen and oxygen atoms in total. The minimum Gasteiger partial charge on any atom is -0.444 e. The summed E-state index contributed by atoms with van der Waals surface area (Å²) in [5.74, 6) is 0. The molecule has 1 atom stereocenters. The second-order valence-electron chi connectivity index (χ2n) is 7.59. The Morgan fingerprint density at radius 2 is 1.48 bits per heavy atom. The molecule has 0 saturated carbocycles. The van der Waals surface area contributed by atoms with Crippen molar-refractivity contribution in [3.05, 3.63) is 12.2 Å². The fourth-order valence-corrected chi connectivity index (χ4v) is 2.59. The number of allylic oxidation sites excluding steroid dienone is 1. The molecule has 6 heteroatoms. The summed E-state index contributed by atoms with van der Waals surface area (Å²) in [6.07, 6.45) is 3.30. The molecule has 1 aliphatic heterocycles. The first-order valence-corrected chi connectivity index (χ1v) is 8.40. The summed E-state index contributed by atoms with van der Waals surface area (Å²) in [6.45, 7) is 17.7. The van der Waals surface area contributed by atoms with Crippen molar-refractivity contribution in [2.45, 2.75) is 91.6 Å². The molecule has 1 fully saturated rings. The van der Waals surface area contributed by atoms with E-state index in [0.717, 1.165) is 0 Å². The summed E-state index contributed by atoms with van der Waals surface area (Å²) in [5, 5.41) is 0. The van der Waals surface area contributed by atoms with Gasteiger partial charge in [0.25, 0.3) is 0 Å². The Balaban J connectivity index is 2.91. The van der Waals surface area contributed by atoms with E-state index in [1.165, 1.54) is 0 Å². The fraction of sp³-hybridized carbons (Fsp3) is 0.824. The molecule has 1 aliphatic rings. The van der Waals surface area contributed by atoms with Crippen LogP contribution in [0.15, 0.2) is 12.2 Å². The molecule has 0 aromatic rings. The van der Waals surface area contributed by atoms with Crippen LogP contribution in [0.5, 0.6) is 0 Å². The van der Waals surface area contributed by atoms with Gasteiger partial charge in [-0.25, -0.2) is 4.79 Å². The number of hydrogen-bond acceptors (Lipinski definition) is 4. The van der Waals surface area contributed by atoms with E-state index in [-0.39, 0.29) is 18.2 Å². The number of amides is 1. The maximum absolute atomic E-state index is 12.5. The van der Waals surface area contributed by atoms with Crippen molar-refractivity contribution in [1.82, 2.24) is 4.90 Å². The number of carbonyl (C=O) groups is 1. The topological polar surface area (TPSA) is 48.0 Å². The summed E-state index contributed by atoms with van der Waals surface area (Å²) >= 11 is 0. The van der Waals surface area contributed by atoms with Crippen LogP contribution in [0.3, 0.4) is 0 Å². The van der Waals surface area contributed by atoms with Crippen molar-refractivity contribution in [3.8, 4) is 0 Å². The molecule has 0 spiro atoms.